The Labute approximate surface area is 170 Å². The number of allylic oxidation sites excluding steroid dienone is 1. The lowest BCUT2D eigenvalue weighted by Gasteiger charge is -2.22. The van der Waals surface area contributed by atoms with Gasteiger partial charge >= 0.3 is 0 Å². The van der Waals surface area contributed by atoms with E-state index in [-0.39, 0.29) is 11.5 Å². The van der Waals surface area contributed by atoms with E-state index in [4.69, 9.17) is 11.6 Å². The fourth-order valence-corrected chi connectivity index (χ4v) is 4.79. The van der Waals surface area contributed by atoms with Crippen molar-refractivity contribution in [2.75, 3.05) is 6.54 Å². The molecule has 2 unspecified atom stereocenters. The molecule has 2 heterocycles. The molecule has 0 fully saturated rings. The lowest BCUT2D eigenvalue weighted by molar-refractivity contribution is 0.136. The van der Waals surface area contributed by atoms with Gasteiger partial charge in [0.2, 0.25) is 0 Å². The number of nitrogens with zero attached hydrogens (tertiary/aromatic N) is 1. The van der Waals surface area contributed by atoms with Gasteiger partial charge in [-0.05, 0) is 29.7 Å². The van der Waals surface area contributed by atoms with E-state index in [1.807, 2.05) is 24.3 Å². The van der Waals surface area contributed by atoms with Crippen molar-refractivity contribution in [3.05, 3.63) is 82.2 Å². The number of rotatable bonds is 4. The van der Waals surface area contributed by atoms with E-state index in [0.29, 0.717) is 22.7 Å². The summed E-state index contributed by atoms with van der Waals surface area (Å²) in [5.41, 5.74) is 2.12. The molecule has 1 aliphatic rings. The molecular weight excluding hydrogens is 400 g/mol. The molecule has 2 nitrogen and oxygen atoms in total. The number of aliphatic imine (C=N–C) groups is 1. The van der Waals surface area contributed by atoms with E-state index >= 15 is 0 Å². The molecule has 3 aromatic rings. The summed E-state index contributed by atoms with van der Waals surface area (Å²) in [6, 6.07) is 10.8. The van der Waals surface area contributed by atoms with Crippen LogP contribution in [-0.4, -0.2) is 17.9 Å². The lowest BCUT2D eigenvalue weighted by Crippen LogP contribution is -2.16. The Hall–Kier alpha value is -2.34. The third-order valence-electron chi connectivity index (χ3n) is 4.74. The number of thiophene rings is 1. The van der Waals surface area contributed by atoms with Gasteiger partial charge in [0.05, 0.1) is 6.10 Å². The third-order valence-corrected chi connectivity index (χ3v) is 6.10. The van der Waals surface area contributed by atoms with Crippen LogP contribution in [0.25, 0.3) is 21.6 Å². The number of aliphatic hydroxyl groups is 1. The van der Waals surface area contributed by atoms with Crippen LogP contribution in [0.15, 0.2) is 65.0 Å². The van der Waals surface area contributed by atoms with Crippen LogP contribution in [0.2, 0.25) is 5.02 Å². The van der Waals surface area contributed by atoms with Gasteiger partial charge in [-0.3, -0.25) is 4.99 Å². The van der Waals surface area contributed by atoms with Gasteiger partial charge < -0.3 is 5.11 Å². The molecule has 0 saturated carbocycles. The normalized spacial score (nSPS) is 17.1. The second kappa shape index (κ2) is 7.95. The number of hydrogen-bond acceptors (Lipinski definition) is 3. The number of dihydropyridines is 1. The topological polar surface area (TPSA) is 32.6 Å². The summed E-state index contributed by atoms with van der Waals surface area (Å²) in [5.74, 6) is -1.56. The maximum atomic E-state index is 14.5. The monoisotopic (exact) mass is 415 g/mol. The molecule has 6 heteroatoms. The lowest BCUT2D eigenvalue weighted by atomic mass is 9.88. The minimum absolute atomic E-state index is 0.244. The smallest absolute Gasteiger partial charge is 0.133 e. The molecule has 28 heavy (non-hydrogen) atoms. The highest BCUT2D eigenvalue weighted by atomic mass is 35.5. The van der Waals surface area contributed by atoms with Gasteiger partial charge in [-0.15, -0.1) is 11.3 Å². The molecule has 1 aromatic heterocycles. The Bertz CT molecular complexity index is 1080. The van der Waals surface area contributed by atoms with Gasteiger partial charge in [-0.25, -0.2) is 8.78 Å². The zero-order valence-corrected chi connectivity index (χ0v) is 16.2. The SMILES string of the molecule is OC(c1c(-c2ccc(F)cc2F)csc1-c1ccccc1Cl)C1C=CC=NC1. The van der Waals surface area contributed by atoms with Crippen LogP contribution in [0.5, 0.6) is 0 Å². The highest BCUT2D eigenvalue weighted by Crippen LogP contribution is 2.46. The van der Waals surface area contributed by atoms with Crippen molar-refractivity contribution in [3.63, 3.8) is 0 Å². The molecule has 0 saturated heterocycles. The Kier molecular flexibility index (Phi) is 5.40. The van der Waals surface area contributed by atoms with Gasteiger partial charge in [-0.1, -0.05) is 35.9 Å². The summed E-state index contributed by atoms with van der Waals surface area (Å²) >= 11 is 7.77. The number of aliphatic hydroxyl groups excluding tert-OH is 1. The predicted octanol–water partition coefficient (Wildman–Crippen LogP) is 6.30. The standard InChI is InChI=1S/C22H16ClF2NOS/c23-18-6-2-1-5-16(18)22-20(21(27)13-4-3-9-26-11-13)17(12-28-22)15-8-7-14(24)10-19(15)25/h1-10,12-13,21,27H,11H2. The minimum atomic E-state index is -0.911. The van der Waals surface area contributed by atoms with Crippen LogP contribution in [0.4, 0.5) is 8.78 Å². The molecule has 2 aromatic carbocycles. The molecule has 0 amide bonds. The van der Waals surface area contributed by atoms with Crippen molar-refractivity contribution in [1.82, 2.24) is 0 Å². The predicted molar refractivity (Wildman–Crippen MR) is 111 cm³/mol. The molecule has 4 rings (SSSR count). The van der Waals surface area contributed by atoms with Gasteiger partial charge in [0.25, 0.3) is 0 Å². The summed E-state index contributed by atoms with van der Waals surface area (Å²) in [6.45, 7) is 0.431. The van der Waals surface area contributed by atoms with E-state index in [2.05, 4.69) is 4.99 Å². The first-order valence-electron chi connectivity index (χ1n) is 8.72. The maximum absolute atomic E-state index is 14.5. The summed E-state index contributed by atoms with van der Waals surface area (Å²) in [7, 11) is 0. The summed E-state index contributed by atoms with van der Waals surface area (Å²) in [4.78, 5) is 4.99. The van der Waals surface area contributed by atoms with Crippen LogP contribution in [0.3, 0.4) is 0 Å². The second-order valence-corrected chi connectivity index (χ2v) is 7.79. The van der Waals surface area contributed by atoms with Crippen LogP contribution >= 0.6 is 22.9 Å². The van der Waals surface area contributed by atoms with E-state index < -0.39 is 17.7 Å². The molecular formula is C22H16ClF2NOS. The molecule has 0 spiro atoms. The Morgan fingerprint density at radius 2 is 1.93 bits per heavy atom. The van der Waals surface area contributed by atoms with E-state index in [9.17, 15) is 13.9 Å². The summed E-state index contributed by atoms with van der Waals surface area (Å²) < 4.78 is 27.9. The van der Waals surface area contributed by atoms with Crippen LogP contribution in [-0.2, 0) is 0 Å². The summed E-state index contributed by atoms with van der Waals surface area (Å²) in [5, 5.41) is 13.5. The molecule has 0 bridgehead atoms. The molecule has 142 valence electrons. The zero-order valence-electron chi connectivity index (χ0n) is 14.6. The van der Waals surface area contributed by atoms with Gasteiger partial charge in [-0.2, -0.15) is 0 Å². The second-order valence-electron chi connectivity index (χ2n) is 6.50. The largest absolute Gasteiger partial charge is 0.388 e. The first kappa shape index (κ1) is 19.0. The number of benzene rings is 2. The molecule has 0 radical (unpaired) electrons. The number of halogens is 3. The van der Waals surface area contributed by atoms with Crippen molar-refractivity contribution in [3.8, 4) is 21.6 Å². The van der Waals surface area contributed by atoms with Gasteiger partial charge in [0.15, 0.2) is 0 Å². The van der Waals surface area contributed by atoms with Crippen molar-refractivity contribution in [2.24, 2.45) is 10.9 Å². The highest BCUT2D eigenvalue weighted by molar-refractivity contribution is 7.14. The van der Waals surface area contributed by atoms with Crippen molar-refractivity contribution >= 4 is 29.2 Å². The van der Waals surface area contributed by atoms with Crippen LogP contribution in [0, 0.1) is 17.6 Å². The fourth-order valence-electron chi connectivity index (χ4n) is 3.35. The van der Waals surface area contributed by atoms with Crippen molar-refractivity contribution < 1.29 is 13.9 Å². The first-order chi connectivity index (χ1) is 13.6. The van der Waals surface area contributed by atoms with E-state index in [1.54, 1.807) is 23.7 Å². The van der Waals surface area contributed by atoms with Gasteiger partial charge in [0.1, 0.15) is 11.6 Å². The third kappa shape index (κ3) is 3.53. The maximum Gasteiger partial charge on any atom is 0.133 e. The Morgan fingerprint density at radius 1 is 1.11 bits per heavy atom. The molecule has 1 aliphatic heterocycles. The Morgan fingerprint density at radius 3 is 2.64 bits per heavy atom. The van der Waals surface area contributed by atoms with Crippen molar-refractivity contribution in [2.45, 2.75) is 6.10 Å². The Balaban J connectivity index is 1.91. The van der Waals surface area contributed by atoms with E-state index in [0.717, 1.165) is 16.5 Å². The van der Waals surface area contributed by atoms with Crippen LogP contribution in [0.1, 0.15) is 11.7 Å². The average Bonchev–Trinajstić information content (AvgIpc) is 3.13. The quantitative estimate of drug-likeness (QED) is 0.532. The zero-order chi connectivity index (χ0) is 19.7. The van der Waals surface area contributed by atoms with Crippen LogP contribution < -0.4 is 0 Å². The molecule has 1 N–H and O–H groups in total. The average molecular weight is 416 g/mol. The minimum Gasteiger partial charge on any atom is -0.388 e. The van der Waals surface area contributed by atoms with Gasteiger partial charge in [0, 0.05) is 56.9 Å². The molecule has 2 atom stereocenters. The van der Waals surface area contributed by atoms with Crippen molar-refractivity contribution in [1.29, 1.82) is 0 Å². The molecule has 0 aliphatic carbocycles. The number of hydrogen-bond donors (Lipinski definition) is 1. The van der Waals surface area contributed by atoms with E-state index in [1.165, 1.54) is 23.5 Å². The first-order valence-corrected chi connectivity index (χ1v) is 9.98. The summed E-state index contributed by atoms with van der Waals surface area (Å²) in [6.07, 6.45) is 4.45. The fraction of sp³-hybridized carbons (Fsp3) is 0.136. The highest BCUT2D eigenvalue weighted by Gasteiger charge is 2.28.